The predicted octanol–water partition coefficient (Wildman–Crippen LogP) is 5.86. The van der Waals surface area contributed by atoms with Crippen LogP contribution in [0.3, 0.4) is 0 Å². The van der Waals surface area contributed by atoms with E-state index in [4.69, 9.17) is 0 Å². The molecule has 0 bridgehead atoms. The zero-order chi connectivity index (χ0) is 23.2. The molecule has 0 radical (unpaired) electrons. The van der Waals surface area contributed by atoms with E-state index in [0.29, 0.717) is 0 Å². The van der Waals surface area contributed by atoms with Crippen LogP contribution in [0.4, 0.5) is 0 Å². The van der Waals surface area contributed by atoms with E-state index < -0.39 is 0 Å². The van der Waals surface area contributed by atoms with Crippen molar-refractivity contribution in [3.05, 3.63) is 90.3 Å². The molecule has 0 saturated heterocycles. The monoisotopic (exact) mass is 492 g/mol. The Labute approximate surface area is 199 Å². The van der Waals surface area contributed by atoms with Crippen molar-refractivity contribution >= 4 is 61.0 Å². The smallest absolute Gasteiger partial charge is 0.116 e. The number of H-pyrrole nitrogens is 2. The zero-order valence-corrected chi connectivity index (χ0v) is 21.8. The molecule has 3 atom stereocenters. The van der Waals surface area contributed by atoms with Crippen LogP contribution in [0.1, 0.15) is 17.5 Å². The van der Waals surface area contributed by atoms with E-state index in [1.165, 1.54) is 5.52 Å². The molecule has 33 heavy (non-hydrogen) atoms. The molecule has 3 aromatic carbocycles. The highest BCUT2D eigenvalue weighted by molar-refractivity contribution is 7.16. The highest BCUT2D eigenvalue weighted by Gasteiger charge is 2.03. The van der Waals surface area contributed by atoms with Gasteiger partial charge < -0.3 is 14.3 Å². The molecular weight excluding hydrogens is 465 g/mol. The summed E-state index contributed by atoms with van der Waals surface area (Å²) in [4.78, 5) is 19.4. The molecule has 0 amide bonds. The Morgan fingerprint density at radius 3 is 1.85 bits per heavy atom. The Bertz CT molecular complexity index is 1420. The number of rotatable bonds is 2. The average Bonchev–Trinajstić information content (AvgIpc) is 3.53. The van der Waals surface area contributed by atoms with Gasteiger partial charge >= 0.3 is 0 Å². The minimum atomic E-state index is 0.884. The number of hydrogen-bond acceptors (Lipinski definition) is 3. The minimum Gasteiger partial charge on any atom is -0.342 e. The number of fused-ring (bicyclic) bond motifs is 3. The maximum absolute atomic E-state index is 4.45. The fourth-order valence-electron chi connectivity index (χ4n) is 3.42. The number of para-hydroxylation sites is 6. The van der Waals surface area contributed by atoms with Crippen LogP contribution >= 0.6 is 27.9 Å². The third-order valence-corrected chi connectivity index (χ3v) is 6.32. The van der Waals surface area contributed by atoms with Gasteiger partial charge in [0.25, 0.3) is 0 Å². The highest BCUT2D eigenvalue weighted by atomic mass is 31.0. The summed E-state index contributed by atoms with van der Waals surface area (Å²) < 4.78 is 2.04. The second-order valence-corrected chi connectivity index (χ2v) is 8.67. The van der Waals surface area contributed by atoms with Crippen LogP contribution in [-0.2, 0) is 12.3 Å². The lowest BCUT2D eigenvalue weighted by Gasteiger charge is -1.96. The molecule has 2 N–H and O–H groups in total. The molecule has 6 rings (SSSR count). The summed E-state index contributed by atoms with van der Waals surface area (Å²) in [7, 11) is 8.00. The van der Waals surface area contributed by atoms with E-state index in [2.05, 4.69) is 58.9 Å². The third-order valence-electron chi connectivity index (χ3n) is 4.99. The molecule has 168 valence electrons. The van der Waals surface area contributed by atoms with Crippen molar-refractivity contribution in [2.24, 2.45) is 0 Å². The van der Waals surface area contributed by atoms with Crippen molar-refractivity contribution in [3.8, 4) is 0 Å². The summed E-state index contributed by atoms with van der Waals surface area (Å²) >= 11 is 0. The molecule has 0 aliphatic carbocycles. The normalized spacial score (nSPS) is 10.7. The predicted molar refractivity (Wildman–Crippen MR) is 149 cm³/mol. The van der Waals surface area contributed by atoms with E-state index in [9.17, 15) is 0 Å². The van der Waals surface area contributed by atoms with Crippen LogP contribution in [0.25, 0.3) is 33.1 Å². The summed E-state index contributed by atoms with van der Waals surface area (Å²) in [5, 5.41) is 0. The maximum Gasteiger partial charge on any atom is 0.116 e. The second kappa shape index (κ2) is 11.0. The van der Waals surface area contributed by atoms with E-state index >= 15 is 0 Å². The van der Waals surface area contributed by atoms with E-state index in [0.717, 1.165) is 57.4 Å². The van der Waals surface area contributed by atoms with Crippen molar-refractivity contribution < 1.29 is 0 Å². The van der Waals surface area contributed by atoms with Crippen LogP contribution in [0, 0.1) is 6.92 Å². The van der Waals surface area contributed by atoms with E-state index in [1.807, 2.05) is 78.0 Å². The number of aromatic amines is 2. The van der Waals surface area contributed by atoms with Gasteiger partial charge in [-0.15, -0.1) is 18.5 Å². The Kier molecular flexibility index (Phi) is 7.83. The number of nitrogens with zero attached hydrogens (tertiary/aromatic N) is 4. The van der Waals surface area contributed by atoms with Gasteiger partial charge in [-0.25, -0.2) is 15.0 Å². The first-order valence-electron chi connectivity index (χ1n) is 10.6. The van der Waals surface area contributed by atoms with Gasteiger partial charge in [0.1, 0.15) is 17.5 Å². The molecule has 3 aromatic heterocycles. The summed E-state index contributed by atoms with van der Waals surface area (Å²) in [6.45, 7) is 1.96. The van der Waals surface area contributed by atoms with Gasteiger partial charge in [0, 0.05) is 12.3 Å². The van der Waals surface area contributed by atoms with Crippen molar-refractivity contribution in [2.45, 2.75) is 19.2 Å². The molecular formula is C24H27N6P3. The van der Waals surface area contributed by atoms with Gasteiger partial charge in [-0.2, -0.15) is 0 Å². The van der Waals surface area contributed by atoms with Crippen LogP contribution in [0.5, 0.6) is 0 Å². The van der Waals surface area contributed by atoms with Crippen LogP contribution in [-0.4, -0.2) is 29.3 Å². The standard InChI is InChI=1S/C8H10N2P2.C8H9N2P.C8H8N2/c11-5-8-9-6-3-1-2-4-7(6)10(8)12;11-5-8-9-6-3-1-2-4-7(6)10-8;1-6-9-7-4-2-3-5-8(7)10-6/h1-4H,5,11-12H2;1-4H,5,11H2,(H,9,10);2-5H,1H3,(H,9,10). The summed E-state index contributed by atoms with van der Waals surface area (Å²) in [6, 6.07) is 24.2. The molecule has 6 nitrogen and oxygen atoms in total. The topological polar surface area (TPSA) is 75.2 Å². The number of benzene rings is 3. The first kappa shape index (κ1) is 23.5. The van der Waals surface area contributed by atoms with Gasteiger partial charge in [-0.05, 0) is 52.7 Å². The highest BCUT2D eigenvalue weighted by Crippen LogP contribution is 2.19. The Morgan fingerprint density at radius 2 is 1.27 bits per heavy atom. The third kappa shape index (κ3) is 5.65. The Morgan fingerprint density at radius 1 is 0.697 bits per heavy atom. The number of imidazole rings is 3. The quantitative estimate of drug-likeness (QED) is 0.298. The molecule has 3 unspecified atom stereocenters. The van der Waals surface area contributed by atoms with Crippen molar-refractivity contribution in [1.29, 1.82) is 0 Å². The molecule has 0 aliphatic rings. The largest absolute Gasteiger partial charge is 0.342 e. The number of nitrogens with one attached hydrogen (secondary N) is 2. The van der Waals surface area contributed by atoms with Gasteiger partial charge in [0.15, 0.2) is 0 Å². The fourth-order valence-corrected chi connectivity index (χ4v) is 4.49. The van der Waals surface area contributed by atoms with Gasteiger partial charge in [0.2, 0.25) is 0 Å². The second-order valence-electron chi connectivity index (χ2n) is 7.34. The van der Waals surface area contributed by atoms with E-state index in [-0.39, 0.29) is 0 Å². The molecule has 0 spiro atoms. The maximum atomic E-state index is 4.45. The zero-order valence-electron chi connectivity index (χ0n) is 18.4. The van der Waals surface area contributed by atoms with Crippen LogP contribution in [0.2, 0.25) is 0 Å². The average molecular weight is 492 g/mol. The molecule has 0 aliphatic heterocycles. The fraction of sp³-hybridized carbons (Fsp3) is 0.125. The molecule has 9 heteroatoms. The molecule has 0 saturated carbocycles. The van der Waals surface area contributed by atoms with Crippen molar-refractivity contribution in [3.63, 3.8) is 0 Å². The van der Waals surface area contributed by atoms with E-state index in [1.54, 1.807) is 0 Å². The van der Waals surface area contributed by atoms with Crippen LogP contribution in [0.15, 0.2) is 72.8 Å². The first-order chi connectivity index (χ1) is 16.1. The summed E-state index contributed by atoms with van der Waals surface area (Å²) in [6.07, 6.45) is 1.77. The first-order valence-corrected chi connectivity index (χ1v) is 12.7. The SMILES string of the molecule is Cc1nc2ccccc2[nH]1.PCc1nc2ccccc2[nH]1.PCc1nc2ccccc2n1P. The minimum absolute atomic E-state index is 0.884. The van der Waals surface area contributed by atoms with Gasteiger partial charge in [-0.3, -0.25) is 0 Å². The lowest BCUT2D eigenvalue weighted by Crippen LogP contribution is -1.85. The molecule has 0 fully saturated rings. The summed E-state index contributed by atoms with van der Waals surface area (Å²) in [5.41, 5.74) is 6.54. The Hall–Kier alpha value is -2.64. The summed E-state index contributed by atoms with van der Waals surface area (Å²) in [5.74, 6) is 3.07. The lowest BCUT2D eigenvalue weighted by molar-refractivity contribution is 1.09. The lowest BCUT2D eigenvalue weighted by atomic mass is 10.3. The van der Waals surface area contributed by atoms with Crippen molar-refractivity contribution in [2.75, 3.05) is 0 Å². The Balaban J connectivity index is 0.000000118. The molecule has 6 aromatic rings. The number of aromatic nitrogens is 6. The molecule has 3 heterocycles. The van der Waals surface area contributed by atoms with Gasteiger partial charge in [-0.1, -0.05) is 36.4 Å². The number of hydrogen-bond donors (Lipinski definition) is 2. The van der Waals surface area contributed by atoms with Crippen LogP contribution < -0.4 is 0 Å². The number of aryl methyl sites for hydroxylation is 1. The van der Waals surface area contributed by atoms with Crippen molar-refractivity contribution in [1.82, 2.24) is 29.3 Å². The van der Waals surface area contributed by atoms with Gasteiger partial charge in [0.05, 0.1) is 33.1 Å².